The smallest absolute Gasteiger partial charge is 0.315 e. The summed E-state index contributed by atoms with van der Waals surface area (Å²) in [5.74, 6) is -1.36. The topological polar surface area (TPSA) is 78.4 Å². The second-order valence-electron chi connectivity index (χ2n) is 5.16. The first-order valence-corrected chi connectivity index (χ1v) is 7.13. The third-order valence-electron chi connectivity index (χ3n) is 3.63. The van der Waals surface area contributed by atoms with Crippen molar-refractivity contribution in [1.82, 2.24) is 10.6 Å². The van der Waals surface area contributed by atoms with Crippen molar-refractivity contribution in [3.63, 3.8) is 0 Å². The highest BCUT2D eigenvalue weighted by Crippen LogP contribution is 2.19. The van der Waals surface area contributed by atoms with Crippen LogP contribution in [0.15, 0.2) is 42.5 Å². The van der Waals surface area contributed by atoms with Gasteiger partial charge in [0.2, 0.25) is 0 Å². The van der Waals surface area contributed by atoms with E-state index in [1.54, 1.807) is 12.2 Å². The number of carboxylic acid groups (broad SMARTS) is 1. The number of carbonyl (C=O) groups excluding carboxylic acids is 1. The van der Waals surface area contributed by atoms with Crippen molar-refractivity contribution < 1.29 is 14.7 Å². The van der Waals surface area contributed by atoms with Crippen LogP contribution in [0, 0.1) is 5.92 Å². The largest absolute Gasteiger partial charge is 0.481 e. The summed E-state index contributed by atoms with van der Waals surface area (Å²) in [5.41, 5.74) is 1.06. The molecule has 3 N–H and O–H groups in total. The number of nitrogens with one attached hydrogen (secondary N) is 2. The predicted octanol–water partition coefficient (Wildman–Crippen LogP) is 2.47. The van der Waals surface area contributed by atoms with Crippen molar-refractivity contribution in [2.75, 3.05) is 0 Å². The van der Waals surface area contributed by atoms with E-state index in [2.05, 4.69) is 10.6 Å². The maximum Gasteiger partial charge on any atom is 0.315 e. The zero-order valence-electron chi connectivity index (χ0n) is 12.0. The van der Waals surface area contributed by atoms with Crippen LogP contribution in [0.4, 0.5) is 4.79 Å². The van der Waals surface area contributed by atoms with Crippen molar-refractivity contribution in [2.45, 2.75) is 31.8 Å². The molecule has 0 radical (unpaired) electrons. The monoisotopic (exact) mass is 288 g/mol. The fourth-order valence-corrected chi connectivity index (χ4v) is 2.46. The molecule has 21 heavy (non-hydrogen) atoms. The van der Waals surface area contributed by atoms with E-state index in [1.807, 2.05) is 37.3 Å². The van der Waals surface area contributed by atoms with Crippen LogP contribution < -0.4 is 10.6 Å². The number of aliphatic carboxylic acids is 1. The van der Waals surface area contributed by atoms with Gasteiger partial charge in [-0.15, -0.1) is 0 Å². The van der Waals surface area contributed by atoms with E-state index < -0.39 is 11.9 Å². The van der Waals surface area contributed by atoms with Crippen LogP contribution in [-0.4, -0.2) is 23.1 Å². The molecular formula is C16H20N2O3. The minimum atomic E-state index is -0.855. The average molecular weight is 288 g/mol. The van der Waals surface area contributed by atoms with Crippen LogP contribution in [0.25, 0.3) is 0 Å². The summed E-state index contributed by atoms with van der Waals surface area (Å²) in [6.07, 6.45) is 4.56. The molecule has 0 aromatic heterocycles. The fraction of sp³-hybridized carbons (Fsp3) is 0.375. The van der Waals surface area contributed by atoms with Crippen molar-refractivity contribution in [3.05, 3.63) is 48.0 Å². The molecule has 0 fully saturated rings. The van der Waals surface area contributed by atoms with Crippen molar-refractivity contribution in [2.24, 2.45) is 5.92 Å². The van der Waals surface area contributed by atoms with Gasteiger partial charge in [-0.2, -0.15) is 0 Å². The van der Waals surface area contributed by atoms with Gasteiger partial charge in [-0.25, -0.2) is 4.79 Å². The lowest BCUT2D eigenvalue weighted by Gasteiger charge is -2.20. The lowest BCUT2D eigenvalue weighted by atomic mass is 10.1. The van der Waals surface area contributed by atoms with Crippen LogP contribution in [0.3, 0.4) is 0 Å². The number of rotatable bonds is 5. The van der Waals surface area contributed by atoms with E-state index in [-0.39, 0.29) is 18.1 Å². The third kappa shape index (κ3) is 4.08. The molecular weight excluding hydrogens is 268 g/mol. The van der Waals surface area contributed by atoms with Crippen molar-refractivity contribution >= 4 is 12.0 Å². The number of amides is 2. The van der Waals surface area contributed by atoms with Gasteiger partial charge in [0.15, 0.2) is 0 Å². The first-order valence-electron chi connectivity index (χ1n) is 7.13. The van der Waals surface area contributed by atoms with E-state index in [9.17, 15) is 9.59 Å². The molecule has 3 atom stereocenters. The molecule has 0 aliphatic heterocycles. The van der Waals surface area contributed by atoms with Crippen LogP contribution in [0.1, 0.15) is 31.4 Å². The number of carboxylic acids is 1. The van der Waals surface area contributed by atoms with Gasteiger partial charge in [-0.1, -0.05) is 49.4 Å². The van der Waals surface area contributed by atoms with Gasteiger partial charge >= 0.3 is 12.0 Å². The van der Waals surface area contributed by atoms with Gasteiger partial charge < -0.3 is 15.7 Å². The Balaban J connectivity index is 1.87. The first kappa shape index (κ1) is 15.1. The number of hydrogen-bond acceptors (Lipinski definition) is 2. The van der Waals surface area contributed by atoms with Crippen LogP contribution >= 0.6 is 0 Å². The fourth-order valence-electron chi connectivity index (χ4n) is 2.46. The Morgan fingerprint density at radius 3 is 2.57 bits per heavy atom. The molecule has 2 amide bonds. The van der Waals surface area contributed by atoms with E-state index in [0.717, 1.165) is 12.0 Å². The van der Waals surface area contributed by atoms with Crippen LogP contribution in [-0.2, 0) is 4.79 Å². The Bertz CT molecular complexity index is 528. The molecule has 2 rings (SSSR count). The number of urea groups is 1. The van der Waals surface area contributed by atoms with Gasteiger partial charge in [0, 0.05) is 0 Å². The zero-order valence-corrected chi connectivity index (χ0v) is 12.0. The third-order valence-corrected chi connectivity index (χ3v) is 3.63. The molecule has 5 nitrogen and oxygen atoms in total. The minimum absolute atomic E-state index is 0.0492. The quantitative estimate of drug-likeness (QED) is 0.728. The normalized spacial score (nSPS) is 21.8. The molecule has 3 unspecified atom stereocenters. The molecule has 1 aromatic carbocycles. The van der Waals surface area contributed by atoms with E-state index in [1.165, 1.54) is 0 Å². The Labute approximate surface area is 124 Å². The van der Waals surface area contributed by atoms with Crippen LogP contribution in [0.5, 0.6) is 0 Å². The van der Waals surface area contributed by atoms with Gasteiger partial charge in [-0.05, 0) is 18.4 Å². The summed E-state index contributed by atoms with van der Waals surface area (Å²) < 4.78 is 0. The summed E-state index contributed by atoms with van der Waals surface area (Å²) in [5, 5.41) is 14.6. The summed E-state index contributed by atoms with van der Waals surface area (Å²) in [4.78, 5) is 22.9. The number of hydrogen-bond donors (Lipinski definition) is 3. The lowest BCUT2D eigenvalue weighted by molar-refractivity contribution is -0.140. The molecule has 1 aliphatic carbocycles. The van der Waals surface area contributed by atoms with E-state index in [0.29, 0.717) is 6.42 Å². The van der Waals surface area contributed by atoms with E-state index in [4.69, 9.17) is 5.11 Å². The molecule has 5 heteroatoms. The molecule has 0 saturated heterocycles. The second-order valence-corrected chi connectivity index (χ2v) is 5.16. The average Bonchev–Trinajstić information content (AvgIpc) is 2.94. The van der Waals surface area contributed by atoms with Gasteiger partial charge in [0.1, 0.15) is 0 Å². The predicted molar refractivity (Wildman–Crippen MR) is 79.8 cm³/mol. The highest BCUT2D eigenvalue weighted by molar-refractivity contribution is 5.76. The SMILES string of the molecule is CCC(NC(=O)NC1C=CC(C(=O)O)C1)c1ccccc1. The molecule has 1 aliphatic rings. The Kier molecular flexibility index (Phi) is 4.98. The van der Waals surface area contributed by atoms with Gasteiger partial charge in [-0.3, -0.25) is 4.79 Å². The summed E-state index contributed by atoms with van der Waals surface area (Å²) in [6, 6.07) is 9.22. The molecule has 0 heterocycles. The van der Waals surface area contributed by atoms with Crippen LogP contribution in [0.2, 0.25) is 0 Å². The Morgan fingerprint density at radius 2 is 2.00 bits per heavy atom. The summed E-state index contributed by atoms with van der Waals surface area (Å²) >= 11 is 0. The van der Waals surface area contributed by atoms with Crippen molar-refractivity contribution in [3.8, 4) is 0 Å². The molecule has 0 bridgehead atoms. The molecule has 1 aromatic rings. The molecule has 0 spiro atoms. The van der Waals surface area contributed by atoms with Gasteiger partial charge in [0.25, 0.3) is 0 Å². The number of benzene rings is 1. The second kappa shape index (κ2) is 6.92. The number of carbonyl (C=O) groups is 2. The Hall–Kier alpha value is -2.30. The minimum Gasteiger partial charge on any atom is -0.481 e. The zero-order chi connectivity index (χ0) is 15.2. The molecule has 0 saturated carbocycles. The highest BCUT2D eigenvalue weighted by Gasteiger charge is 2.25. The van der Waals surface area contributed by atoms with Crippen molar-refractivity contribution in [1.29, 1.82) is 0 Å². The molecule has 112 valence electrons. The first-order chi connectivity index (χ1) is 10.1. The highest BCUT2D eigenvalue weighted by atomic mass is 16.4. The Morgan fingerprint density at radius 1 is 1.29 bits per heavy atom. The maximum absolute atomic E-state index is 12.0. The standard InChI is InChI=1S/C16H20N2O3/c1-2-14(11-6-4-3-5-7-11)18-16(21)17-13-9-8-12(10-13)15(19)20/h3-9,12-14H,2,10H2,1H3,(H,19,20)(H2,17,18,21). The lowest BCUT2D eigenvalue weighted by Crippen LogP contribution is -2.42. The van der Waals surface area contributed by atoms with Gasteiger partial charge in [0.05, 0.1) is 18.0 Å². The summed E-state index contributed by atoms with van der Waals surface area (Å²) in [6.45, 7) is 2.01. The maximum atomic E-state index is 12.0. The summed E-state index contributed by atoms with van der Waals surface area (Å²) in [7, 11) is 0. The van der Waals surface area contributed by atoms with E-state index >= 15 is 0 Å².